The van der Waals surface area contributed by atoms with Crippen LogP contribution in [0.5, 0.6) is 11.5 Å². The smallest absolute Gasteiger partial charge is 0.408 e. The predicted octanol–water partition coefficient (Wildman–Crippen LogP) is 4.21. The molecule has 3 amide bonds. The zero-order valence-corrected chi connectivity index (χ0v) is 22.6. The number of hydrogen-bond donors (Lipinski definition) is 4. The number of phenolic OH excluding ortho intramolecular Hbond substituents is 2. The molecule has 0 saturated heterocycles. The van der Waals surface area contributed by atoms with Crippen molar-refractivity contribution in [1.29, 1.82) is 0 Å². The highest BCUT2D eigenvalue weighted by molar-refractivity contribution is 5.92. The van der Waals surface area contributed by atoms with E-state index in [1.807, 2.05) is 6.92 Å². The molecule has 2 unspecified atom stereocenters. The number of nitrogens with one attached hydrogen (secondary N) is 2. The maximum Gasteiger partial charge on any atom is 0.408 e. The summed E-state index contributed by atoms with van der Waals surface area (Å²) in [5.74, 6) is -0.814. The Kier molecular flexibility index (Phi) is 11.2. The Balaban J connectivity index is 2.48. The highest BCUT2D eigenvalue weighted by atomic mass is 16.6. The van der Waals surface area contributed by atoms with Crippen molar-refractivity contribution in [2.75, 3.05) is 13.1 Å². The Labute approximate surface area is 224 Å². The first-order valence-electron chi connectivity index (χ1n) is 12.7. The Morgan fingerprint density at radius 2 is 1.61 bits per heavy atom. The molecule has 38 heavy (non-hydrogen) atoms. The van der Waals surface area contributed by atoms with Crippen LogP contribution in [0.4, 0.5) is 4.79 Å². The van der Waals surface area contributed by atoms with Gasteiger partial charge in [-0.2, -0.15) is 0 Å². The minimum atomic E-state index is -1.09. The molecule has 0 bridgehead atoms. The van der Waals surface area contributed by atoms with Gasteiger partial charge in [-0.05, 0) is 62.6 Å². The molecule has 0 heterocycles. The van der Waals surface area contributed by atoms with Gasteiger partial charge in [0.1, 0.15) is 29.2 Å². The molecule has 0 spiro atoms. The molecule has 2 aromatic rings. The number of phenols is 2. The Morgan fingerprint density at radius 1 is 1.03 bits per heavy atom. The molecule has 2 atom stereocenters. The van der Waals surface area contributed by atoms with Crippen molar-refractivity contribution in [3.05, 3.63) is 72.3 Å². The van der Waals surface area contributed by atoms with Crippen molar-refractivity contribution >= 4 is 17.9 Å². The van der Waals surface area contributed by atoms with Crippen molar-refractivity contribution in [1.82, 2.24) is 15.5 Å². The van der Waals surface area contributed by atoms with Crippen LogP contribution >= 0.6 is 0 Å². The number of hydrogen-bond acceptors (Lipinski definition) is 6. The van der Waals surface area contributed by atoms with Gasteiger partial charge in [0.25, 0.3) is 0 Å². The van der Waals surface area contributed by atoms with E-state index in [1.54, 1.807) is 45.0 Å². The van der Waals surface area contributed by atoms with E-state index in [-0.39, 0.29) is 30.4 Å². The van der Waals surface area contributed by atoms with Gasteiger partial charge in [0.15, 0.2) is 0 Å². The Morgan fingerprint density at radius 3 is 2.13 bits per heavy atom. The van der Waals surface area contributed by atoms with Gasteiger partial charge >= 0.3 is 6.09 Å². The van der Waals surface area contributed by atoms with Crippen molar-refractivity contribution < 1.29 is 29.3 Å². The van der Waals surface area contributed by atoms with Crippen LogP contribution in [0, 0.1) is 0 Å². The number of amides is 3. The normalized spacial score (nSPS) is 12.6. The van der Waals surface area contributed by atoms with E-state index in [4.69, 9.17) is 4.74 Å². The van der Waals surface area contributed by atoms with E-state index in [1.165, 1.54) is 35.2 Å². The average Bonchev–Trinajstić information content (AvgIpc) is 2.84. The van der Waals surface area contributed by atoms with E-state index in [0.29, 0.717) is 17.7 Å². The van der Waals surface area contributed by atoms with E-state index in [2.05, 4.69) is 17.2 Å². The Bertz CT molecular complexity index is 1080. The van der Waals surface area contributed by atoms with Crippen LogP contribution in [0.15, 0.2) is 61.2 Å². The maximum atomic E-state index is 14.1. The third-order valence-corrected chi connectivity index (χ3v) is 5.57. The van der Waals surface area contributed by atoms with E-state index in [9.17, 15) is 24.6 Å². The second-order valence-electron chi connectivity index (χ2n) is 9.99. The molecule has 0 saturated carbocycles. The standard InChI is InChI=1S/C29H39N3O6/c1-6-8-17-30-26(35)25(21-11-15-23(34)16-12-21)32(18-7-2)27(36)24(31-28(37)38-29(3,4)5)19-20-9-13-22(33)14-10-20/h7,9-16,24-25,33-34H,2,6,8,17-19H2,1,3-5H3,(H,30,35)(H,31,37). The van der Waals surface area contributed by atoms with Crippen LogP contribution in [-0.2, 0) is 20.7 Å². The fourth-order valence-electron chi connectivity index (χ4n) is 3.79. The number of nitrogens with zero attached hydrogens (tertiary/aromatic N) is 1. The van der Waals surface area contributed by atoms with Crippen LogP contribution in [0.25, 0.3) is 0 Å². The molecule has 2 aromatic carbocycles. The molecule has 0 radical (unpaired) electrons. The molecule has 0 aliphatic carbocycles. The zero-order chi connectivity index (χ0) is 28.3. The molecule has 0 fully saturated rings. The maximum absolute atomic E-state index is 14.1. The number of ether oxygens (including phenoxy) is 1. The number of alkyl carbamates (subject to hydrolysis) is 1. The first kappa shape index (κ1) is 30.2. The highest BCUT2D eigenvalue weighted by Gasteiger charge is 2.35. The van der Waals surface area contributed by atoms with Gasteiger partial charge in [0.05, 0.1) is 0 Å². The second kappa shape index (κ2) is 14.1. The first-order chi connectivity index (χ1) is 17.9. The third kappa shape index (κ3) is 9.46. The van der Waals surface area contributed by atoms with Crippen molar-refractivity contribution in [3.63, 3.8) is 0 Å². The van der Waals surface area contributed by atoms with E-state index >= 15 is 0 Å². The lowest BCUT2D eigenvalue weighted by Gasteiger charge is -2.34. The molecule has 9 heteroatoms. The van der Waals surface area contributed by atoms with Crippen LogP contribution in [-0.4, -0.2) is 57.8 Å². The van der Waals surface area contributed by atoms with Crippen molar-refractivity contribution in [3.8, 4) is 11.5 Å². The summed E-state index contributed by atoms with van der Waals surface area (Å²) in [6, 6.07) is 10.2. The number of unbranched alkanes of at least 4 members (excludes halogenated alkanes) is 1. The largest absolute Gasteiger partial charge is 0.508 e. The SMILES string of the molecule is C=CCN(C(=O)C(Cc1ccc(O)cc1)NC(=O)OC(C)(C)C)C(C(=O)NCCCC)c1ccc(O)cc1. The van der Waals surface area contributed by atoms with Crippen LogP contribution in [0.1, 0.15) is 57.7 Å². The number of carbonyl (C=O) groups excluding carboxylic acids is 3. The van der Waals surface area contributed by atoms with Gasteiger partial charge in [0.2, 0.25) is 11.8 Å². The molecule has 0 aliphatic heterocycles. The van der Waals surface area contributed by atoms with Crippen molar-refractivity contribution in [2.24, 2.45) is 0 Å². The van der Waals surface area contributed by atoms with E-state index < -0.39 is 29.7 Å². The van der Waals surface area contributed by atoms with Crippen LogP contribution < -0.4 is 10.6 Å². The van der Waals surface area contributed by atoms with Crippen LogP contribution in [0.3, 0.4) is 0 Å². The summed E-state index contributed by atoms with van der Waals surface area (Å²) in [6.07, 6.45) is 2.48. The summed E-state index contributed by atoms with van der Waals surface area (Å²) >= 11 is 0. The predicted molar refractivity (Wildman–Crippen MR) is 146 cm³/mol. The molecular formula is C29H39N3O6. The lowest BCUT2D eigenvalue weighted by Crippen LogP contribution is -2.53. The fourth-order valence-corrected chi connectivity index (χ4v) is 3.79. The number of aromatic hydroxyl groups is 2. The topological polar surface area (TPSA) is 128 Å². The van der Waals surface area contributed by atoms with Gasteiger partial charge in [-0.15, -0.1) is 6.58 Å². The number of carbonyl (C=O) groups is 3. The molecule has 9 nitrogen and oxygen atoms in total. The summed E-state index contributed by atoms with van der Waals surface area (Å²) in [7, 11) is 0. The fraction of sp³-hybridized carbons (Fsp3) is 0.414. The monoisotopic (exact) mass is 525 g/mol. The summed E-state index contributed by atoms with van der Waals surface area (Å²) in [6.45, 7) is 11.4. The highest BCUT2D eigenvalue weighted by Crippen LogP contribution is 2.25. The third-order valence-electron chi connectivity index (χ3n) is 5.57. The minimum absolute atomic E-state index is 0.0215. The summed E-state index contributed by atoms with van der Waals surface area (Å²) < 4.78 is 5.40. The van der Waals surface area contributed by atoms with Crippen molar-refractivity contribution in [2.45, 2.75) is 64.6 Å². The minimum Gasteiger partial charge on any atom is -0.508 e. The Hall–Kier alpha value is -4.01. The van der Waals surface area contributed by atoms with Gasteiger partial charge < -0.3 is 30.5 Å². The summed E-state index contributed by atoms with van der Waals surface area (Å²) in [4.78, 5) is 41.5. The second-order valence-corrected chi connectivity index (χ2v) is 9.99. The quantitative estimate of drug-likeness (QED) is 0.243. The molecule has 2 rings (SSSR count). The lowest BCUT2D eigenvalue weighted by atomic mass is 10.00. The van der Waals surface area contributed by atoms with Gasteiger partial charge in [-0.1, -0.05) is 43.7 Å². The zero-order valence-electron chi connectivity index (χ0n) is 22.6. The van der Waals surface area contributed by atoms with Gasteiger partial charge in [0, 0.05) is 19.5 Å². The van der Waals surface area contributed by atoms with Gasteiger partial charge in [-0.25, -0.2) is 4.79 Å². The first-order valence-corrected chi connectivity index (χ1v) is 12.7. The average molecular weight is 526 g/mol. The molecule has 0 aromatic heterocycles. The van der Waals surface area contributed by atoms with E-state index in [0.717, 1.165) is 12.8 Å². The lowest BCUT2D eigenvalue weighted by molar-refractivity contribution is -0.141. The number of rotatable bonds is 12. The van der Waals surface area contributed by atoms with Crippen LogP contribution in [0.2, 0.25) is 0 Å². The summed E-state index contributed by atoms with van der Waals surface area (Å²) in [5, 5.41) is 25.0. The molecule has 206 valence electrons. The summed E-state index contributed by atoms with van der Waals surface area (Å²) in [5.41, 5.74) is 0.391. The molecule has 4 N–H and O–H groups in total. The van der Waals surface area contributed by atoms with Gasteiger partial charge in [-0.3, -0.25) is 9.59 Å². The molecule has 0 aliphatic rings. The number of benzene rings is 2. The molecular weight excluding hydrogens is 486 g/mol.